The van der Waals surface area contributed by atoms with Crippen LogP contribution in [0.4, 0.5) is 10.1 Å². The summed E-state index contributed by atoms with van der Waals surface area (Å²) in [4.78, 5) is 9.97. The van der Waals surface area contributed by atoms with E-state index in [1.807, 2.05) is 0 Å². The summed E-state index contributed by atoms with van der Waals surface area (Å²) in [6.07, 6.45) is 1.29. The molecule has 1 aromatic heterocycles. The maximum Gasteiger partial charge on any atom is 0.270 e. The number of nitro benzene ring substituents is 1. The number of hydrogen-bond acceptors (Lipinski definition) is 4. The number of benzene rings is 1. The molecule has 0 atom stereocenters. The summed E-state index contributed by atoms with van der Waals surface area (Å²) < 4.78 is 13.5. The van der Waals surface area contributed by atoms with Crippen LogP contribution in [-0.2, 0) is 0 Å². The number of nitro groups is 1. The molecule has 5 nitrogen and oxygen atoms in total. The number of nitrogens with zero attached hydrogens (tertiary/aromatic N) is 3. The molecule has 86 valence electrons. The topological polar surface area (TPSA) is 68.9 Å². The zero-order valence-corrected chi connectivity index (χ0v) is 9.06. The van der Waals surface area contributed by atoms with Gasteiger partial charge in [-0.05, 0) is 12.1 Å². The van der Waals surface area contributed by atoms with E-state index in [1.54, 1.807) is 0 Å². The standard InChI is InChI=1S/C10H5ClFN3O2/c11-6-3-10(14-13-5-6)8-4-7(15(16)17)1-2-9(8)12/h1-5H. The fraction of sp³-hybridized carbons (Fsp3) is 0. The lowest BCUT2D eigenvalue weighted by Crippen LogP contribution is -1.93. The molecule has 0 spiro atoms. The third kappa shape index (κ3) is 2.36. The zero-order valence-electron chi connectivity index (χ0n) is 8.30. The molecule has 1 heterocycles. The van der Waals surface area contributed by atoms with Crippen molar-refractivity contribution in [1.82, 2.24) is 10.2 Å². The van der Waals surface area contributed by atoms with Gasteiger partial charge in [0.05, 0.1) is 21.8 Å². The van der Waals surface area contributed by atoms with Crippen molar-refractivity contribution in [2.24, 2.45) is 0 Å². The van der Waals surface area contributed by atoms with Crippen LogP contribution in [0.3, 0.4) is 0 Å². The van der Waals surface area contributed by atoms with Crippen molar-refractivity contribution in [3.05, 3.63) is 51.4 Å². The van der Waals surface area contributed by atoms with Crippen LogP contribution in [0.5, 0.6) is 0 Å². The first kappa shape index (κ1) is 11.4. The van der Waals surface area contributed by atoms with Crippen LogP contribution in [0, 0.1) is 15.9 Å². The molecule has 0 aliphatic rings. The predicted octanol–water partition coefficient (Wildman–Crippen LogP) is 2.84. The van der Waals surface area contributed by atoms with E-state index < -0.39 is 10.7 Å². The summed E-state index contributed by atoms with van der Waals surface area (Å²) in [5, 5.41) is 18.1. The normalized spacial score (nSPS) is 10.2. The van der Waals surface area contributed by atoms with Gasteiger partial charge in [0.1, 0.15) is 5.82 Å². The number of hydrogen-bond donors (Lipinski definition) is 0. The fourth-order valence-corrected chi connectivity index (χ4v) is 1.44. The minimum atomic E-state index is -0.618. The van der Waals surface area contributed by atoms with Gasteiger partial charge in [-0.15, -0.1) is 0 Å². The summed E-state index contributed by atoms with van der Waals surface area (Å²) in [5.74, 6) is -0.618. The Hall–Kier alpha value is -2.08. The van der Waals surface area contributed by atoms with Crippen LogP contribution in [0.1, 0.15) is 0 Å². The molecule has 17 heavy (non-hydrogen) atoms. The van der Waals surface area contributed by atoms with Crippen molar-refractivity contribution in [1.29, 1.82) is 0 Å². The van der Waals surface area contributed by atoms with Gasteiger partial charge in [-0.3, -0.25) is 10.1 Å². The van der Waals surface area contributed by atoms with Crippen molar-refractivity contribution in [2.45, 2.75) is 0 Å². The number of non-ortho nitro benzene ring substituents is 1. The Kier molecular flexibility index (Phi) is 2.97. The summed E-state index contributed by atoms with van der Waals surface area (Å²) in [5.41, 5.74) is -0.0731. The van der Waals surface area contributed by atoms with E-state index in [9.17, 15) is 14.5 Å². The minimum absolute atomic E-state index is 0.00537. The van der Waals surface area contributed by atoms with Crippen molar-refractivity contribution < 1.29 is 9.31 Å². The van der Waals surface area contributed by atoms with E-state index in [2.05, 4.69) is 10.2 Å². The van der Waals surface area contributed by atoms with Crippen LogP contribution in [0.2, 0.25) is 5.02 Å². The highest BCUT2D eigenvalue weighted by Crippen LogP contribution is 2.26. The summed E-state index contributed by atoms with van der Waals surface area (Å²) >= 11 is 5.69. The molecule has 2 aromatic rings. The van der Waals surface area contributed by atoms with Gasteiger partial charge >= 0.3 is 0 Å². The Morgan fingerprint density at radius 1 is 1.35 bits per heavy atom. The molecule has 2 rings (SSSR count). The first-order chi connectivity index (χ1) is 8.08. The van der Waals surface area contributed by atoms with Gasteiger partial charge in [0.25, 0.3) is 5.69 Å². The molecule has 0 aliphatic carbocycles. The van der Waals surface area contributed by atoms with E-state index in [0.717, 1.165) is 18.2 Å². The fourth-order valence-electron chi connectivity index (χ4n) is 1.30. The molecule has 0 unspecified atom stereocenters. The lowest BCUT2D eigenvalue weighted by molar-refractivity contribution is -0.384. The van der Waals surface area contributed by atoms with Gasteiger partial charge in [0.15, 0.2) is 0 Å². The van der Waals surface area contributed by atoms with Crippen LogP contribution < -0.4 is 0 Å². The average Bonchev–Trinajstić information content (AvgIpc) is 2.29. The third-order valence-electron chi connectivity index (χ3n) is 2.06. The number of halogens is 2. The molecule has 7 heteroatoms. The molecular weight excluding hydrogens is 249 g/mol. The Morgan fingerprint density at radius 2 is 2.12 bits per heavy atom. The first-order valence-electron chi connectivity index (χ1n) is 4.50. The Morgan fingerprint density at radius 3 is 2.76 bits per heavy atom. The van der Waals surface area contributed by atoms with Crippen LogP contribution >= 0.6 is 11.6 Å². The second kappa shape index (κ2) is 4.42. The lowest BCUT2D eigenvalue weighted by atomic mass is 10.1. The van der Waals surface area contributed by atoms with E-state index in [1.165, 1.54) is 12.3 Å². The van der Waals surface area contributed by atoms with Crippen LogP contribution in [0.15, 0.2) is 30.5 Å². The molecule has 0 radical (unpaired) electrons. The molecule has 0 amide bonds. The molecule has 0 aliphatic heterocycles. The molecule has 0 saturated carbocycles. The summed E-state index contributed by atoms with van der Waals surface area (Å²) in [6.45, 7) is 0. The minimum Gasteiger partial charge on any atom is -0.258 e. The van der Waals surface area contributed by atoms with E-state index in [4.69, 9.17) is 11.6 Å². The molecular formula is C10H5ClFN3O2. The summed E-state index contributed by atoms with van der Waals surface area (Å²) in [6, 6.07) is 4.57. The molecule has 0 fully saturated rings. The van der Waals surface area contributed by atoms with Crippen molar-refractivity contribution in [2.75, 3.05) is 0 Å². The van der Waals surface area contributed by atoms with Crippen molar-refractivity contribution in [3.63, 3.8) is 0 Å². The number of aromatic nitrogens is 2. The summed E-state index contributed by atoms with van der Waals surface area (Å²) in [7, 11) is 0. The van der Waals surface area contributed by atoms with Gasteiger partial charge in [-0.25, -0.2) is 4.39 Å². The molecule has 0 bridgehead atoms. The van der Waals surface area contributed by atoms with Gasteiger partial charge in [-0.2, -0.15) is 10.2 Å². The van der Waals surface area contributed by atoms with Gasteiger partial charge in [0, 0.05) is 17.7 Å². The lowest BCUT2D eigenvalue weighted by Gasteiger charge is -2.01. The highest BCUT2D eigenvalue weighted by Gasteiger charge is 2.13. The quantitative estimate of drug-likeness (QED) is 0.609. The average molecular weight is 254 g/mol. The van der Waals surface area contributed by atoms with Crippen molar-refractivity contribution >= 4 is 17.3 Å². The van der Waals surface area contributed by atoms with Gasteiger partial charge < -0.3 is 0 Å². The largest absolute Gasteiger partial charge is 0.270 e. The van der Waals surface area contributed by atoms with E-state index in [0.29, 0.717) is 0 Å². The number of rotatable bonds is 2. The monoisotopic (exact) mass is 253 g/mol. The smallest absolute Gasteiger partial charge is 0.258 e. The maximum atomic E-state index is 13.5. The van der Waals surface area contributed by atoms with Crippen LogP contribution in [0.25, 0.3) is 11.3 Å². The molecule has 0 N–H and O–H groups in total. The third-order valence-corrected chi connectivity index (χ3v) is 2.26. The first-order valence-corrected chi connectivity index (χ1v) is 4.88. The second-order valence-corrected chi connectivity index (χ2v) is 3.62. The Bertz CT molecular complexity index is 592. The van der Waals surface area contributed by atoms with Gasteiger partial charge in [0.2, 0.25) is 0 Å². The maximum absolute atomic E-state index is 13.5. The SMILES string of the molecule is O=[N+]([O-])c1ccc(F)c(-c2cc(Cl)cnn2)c1. The zero-order chi connectivity index (χ0) is 12.4. The van der Waals surface area contributed by atoms with E-state index in [-0.39, 0.29) is 22.0 Å². The van der Waals surface area contributed by atoms with Crippen LogP contribution in [-0.4, -0.2) is 15.1 Å². The Balaban J connectivity index is 2.58. The molecule has 0 saturated heterocycles. The molecule has 1 aromatic carbocycles. The van der Waals surface area contributed by atoms with Crippen molar-refractivity contribution in [3.8, 4) is 11.3 Å². The predicted molar refractivity (Wildman–Crippen MR) is 59.1 cm³/mol. The highest BCUT2D eigenvalue weighted by atomic mass is 35.5. The second-order valence-electron chi connectivity index (χ2n) is 3.18. The highest BCUT2D eigenvalue weighted by molar-refractivity contribution is 6.30. The van der Waals surface area contributed by atoms with E-state index >= 15 is 0 Å². The Labute approximate surface area is 100 Å². The van der Waals surface area contributed by atoms with Gasteiger partial charge in [-0.1, -0.05) is 11.6 Å².